The maximum Gasteiger partial charge on any atom is 0.237 e. The van der Waals surface area contributed by atoms with Gasteiger partial charge in [-0.1, -0.05) is 18.6 Å². The number of rotatable bonds is 4. The largest absolute Gasteiger partial charge is 0.508 e. The van der Waals surface area contributed by atoms with Crippen molar-refractivity contribution in [2.75, 3.05) is 13.1 Å². The molecule has 1 aliphatic rings. The molecule has 98 valence electrons. The van der Waals surface area contributed by atoms with Crippen LogP contribution in [0, 0.1) is 0 Å². The first-order valence-corrected chi connectivity index (χ1v) is 6.55. The zero-order chi connectivity index (χ0) is 12.8. The van der Waals surface area contributed by atoms with Gasteiger partial charge in [0.05, 0.1) is 6.04 Å². The molecule has 4 heteroatoms. The fourth-order valence-corrected chi connectivity index (χ4v) is 2.24. The molecule has 1 atom stereocenters. The number of nitrogens with one attached hydrogen (secondary N) is 2. The van der Waals surface area contributed by atoms with E-state index < -0.39 is 0 Å². The average Bonchev–Trinajstić information content (AvgIpc) is 2.40. The van der Waals surface area contributed by atoms with E-state index in [2.05, 4.69) is 10.6 Å². The number of piperidine rings is 1. The minimum absolute atomic E-state index is 0.0251. The minimum Gasteiger partial charge on any atom is -0.508 e. The number of phenols is 1. The van der Waals surface area contributed by atoms with E-state index in [1.807, 2.05) is 12.1 Å². The molecule has 4 nitrogen and oxygen atoms in total. The standard InChI is InChI=1S/C14H20N2O2/c17-12-5-3-4-11(10-12)7-9-16-14(18)13-6-1-2-8-15-13/h3-5,10,13,15,17H,1-2,6-9H2,(H,16,18). The lowest BCUT2D eigenvalue weighted by molar-refractivity contribution is -0.123. The highest BCUT2D eigenvalue weighted by atomic mass is 16.3. The Kier molecular flexibility index (Phi) is 4.59. The molecule has 0 aliphatic carbocycles. The van der Waals surface area contributed by atoms with Crippen LogP contribution in [0.3, 0.4) is 0 Å². The summed E-state index contributed by atoms with van der Waals surface area (Å²) in [5, 5.41) is 15.5. The maximum absolute atomic E-state index is 11.8. The quantitative estimate of drug-likeness (QED) is 0.750. The van der Waals surface area contributed by atoms with Crippen LogP contribution in [0.1, 0.15) is 24.8 Å². The van der Waals surface area contributed by atoms with Crippen molar-refractivity contribution < 1.29 is 9.90 Å². The number of phenolic OH excluding ortho intramolecular Hbond substituents is 1. The first kappa shape index (κ1) is 12.9. The summed E-state index contributed by atoms with van der Waals surface area (Å²) in [4.78, 5) is 11.8. The van der Waals surface area contributed by atoms with Crippen LogP contribution in [-0.2, 0) is 11.2 Å². The molecular weight excluding hydrogens is 228 g/mol. The van der Waals surface area contributed by atoms with Crippen LogP contribution in [0.15, 0.2) is 24.3 Å². The number of aromatic hydroxyl groups is 1. The number of amides is 1. The van der Waals surface area contributed by atoms with Crippen LogP contribution in [0.25, 0.3) is 0 Å². The van der Waals surface area contributed by atoms with Crippen LogP contribution in [-0.4, -0.2) is 30.1 Å². The van der Waals surface area contributed by atoms with E-state index >= 15 is 0 Å². The molecule has 0 spiro atoms. The maximum atomic E-state index is 11.8. The molecule has 2 rings (SSSR count). The molecule has 1 aromatic rings. The molecule has 0 aromatic heterocycles. The lowest BCUT2D eigenvalue weighted by Gasteiger charge is -2.22. The summed E-state index contributed by atoms with van der Waals surface area (Å²) in [7, 11) is 0. The molecule has 0 radical (unpaired) electrons. The molecule has 1 heterocycles. The molecule has 0 saturated carbocycles. The molecule has 1 fully saturated rings. The second kappa shape index (κ2) is 6.40. The molecule has 0 bridgehead atoms. The molecule has 1 unspecified atom stereocenters. The Morgan fingerprint density at radius 3 is 3.06 bits per heavy atom. The summed E-state index contributed by atoms with van der Waals surface area (Å²) in [5.74, 6) is 0.364. The number of hydrogen-bond acceptors (Lipinski definition) is 3. The Labute approximate surface area is 107 Å². The van der Waals surface area contributed by atoms with Gasteiger partial charge in [-0.2, -0.15) is 0 Å². The fourth-order valence-electron chi connectivity index (χ4n) is 2.24. The van der Waals surface area contributed by atoms with Crippen LogP contribution < -0.4 is 10.6 Å². The number of benzene rings is 1. The van der Waals surface area contributed by atoms with Crippen molar-refractivity contribution in [3.05, 3.63) is 29.8 Å². The molecule has 1 aliphatic heterocycles. The van der Waals surface area contributed by atoms with Gasteiger partial charge < -0.3 is 15.7 Å². The second-order valence-corrected chi connectivity index (χ2v) is 4.71. The van der Waals surface area contributed by atoms with Crippen LogP contribution >= 0.6 is 0 Å². The summed E-state index contributed by atoms with van der Waals surface area (Å²) in [6, 6.07) is 7.11. The lowest BCUT2D eigenvalue weighted by atomic mass is 10.0. The number of carbonyl (C=O) groups is 1. The van der Waals surface area contributed by atoms with Gasteiger partial charge in [0.2, 0.25) is 5.91 Å². The Morgan fingerprint density at radius 1 is 1.44 bits per heavy atom. The van der Waals surface area contributed by atoms with Crippen molar-refractivity contribution in [3.8, 4) is 5.75 Å². The van der Waals surface area contributed by atoms with Crippen molar-refractivity contribution in [1.82, 2.24) is 10.6 Å². The van der Waals surface area contributed by atoms with Gasteiger partial charge in [-0.05, 0) is 43.5 Å². The van der Waals surface area contributed by atoms with Gasteiger partial charge in [0.1, 0.15) is 5.75 Å². The van der Waals surface area contributed by atoms with Gasteiger partial charge in [0.15, 0.2) is 0 Å². The highest BCUT2D eigenvalue weighted by Crippen LogP contribution is 2.11. The Bertz CT molecular complexity index is 401. The Hall–Kier alpha value is -1.55. The molecule has 1 saturated heterocycles. The van der Waals surface area contributed by atoms with E-state index in [1.54, 1.807) is 12.1 Å². The van der Waals surface area contributed by atoms with Gasteiger partial charge >= 0.3 is 0 Å². The summed E-state index contributed by atoms with van der Waals surface area (Å²) < 4.78 is 0. The monoisotopic (exact) mass is 248 g/mol. The predicted octanol–water partition coefficient (Wildman–Crippen LogP) is 1.19. The van der Waals surface area contributed by atoms with Gasteiger partial charge in [-0.15, -0.1) is 0 Å². The zero-order valence-electron chi connectivity index (χ0n) is 10.5. The highest BCUT2D eigenvalue weighted by Gasteiger charge is 2.19. The van der Waals surface area contributed by atoms with Gasteiger partial charge in [0, 0.05) is 6.54 Å². The van der Waals surface area contributed by atoms with E-state index in [9.17, 15) is 9.90 Å². The minimum atomic E-state index is -0.0251. The van der Waals surface area contributed by atoms with E-state index in [0.717, 1.165) is 37.8 Å². The van der Waals surface area contributed by atoms with Crippen molar-refractivity contribution in [2.45, 2.75) is 31.7 Å². The molecule has 18 heavy (non-hydrogen) atoms. The van der Waals surface area contributed by atoms with Gasteiger partial charge in [-0.25, -0.2) is 0 Å². The van der Waals surface area contributed by atoms with Crippen molar-refractivity contribution in [1.29, 1.82) is 0 Å². The second-order valence-electron chi connectivity index (χ2n) is 4.71. The predicted molar refractivity (Wildman–Crippen MR) is 70.5 cm³/mol. The highest BCUT2D eigenvalue weighted by molar-refractivity contribution is 5.81. The molecule has 1 aromatic carbocycles. The van der Waals surface area contributed by atoms with Crippen LogP contribution in [0.2, 0.25) is 0 Å². The fraction of sp³-hybridized carbons (Fsp3) is 0.500. The molecule has 3 N–H and O–H groups in total. The third kappa shape index (κ3) is 3.74. The third-order valence-electron chi connectivity index (χ3n) is 3.25. The van der Waals surface area contributed by atoms with Crippen molar-refractivity contribution >= 4 is 5.91 Å². The summed E-state index contributed by atoms with van der Waals surface area (Å²) in [5.41, 5.74) is 1.03. The van der Waals surface area contributed by atoms with Crippen LogP contribution in [0.4, 0.5) is 0 Å². The van der Waals surface area contributed by atoms with Gasteiger partial charge in [-0.3, -0.25) is 4.79 Å². The number of carbonyl (C=O) groups excluding carboxylic acids is 1. The van der Waals surface area contributed by atoms with Crippen molar-refractivity contribution in [2.24, 2.45) is 0 Å². The van der Waals surface area contributed by atoms with Gasteiger partial charge in [0.25, 0.3) is 0 Å². The number of hydrogen-bond donors (Lipinski definition) is 3. The first-order valence-electron chi connectivity index (χ1n) is 6.55. The van der Waals surface area contributed by atoms with E-state index in [4.69, 9.17) is 0 Å². The van der Waals surface area contributed by atoms with E-state index in [-0.39, 0.29) is 17.7 Å². The summed E-state index contributed by atoms with van der Waals surface area (Å²) in [6.45, 7) is 1.55. The molecule has 1 amide bonds. The topological polar surface area (TPSA) is 61.4 Å². The normalized spacial score (nSPS) is 19.4. The van der Waals surface area contributed by atoms with E-state index in [0.29, 0.717) is 6.54 Å². The lowest BCUT2D eigenvalue weighted by Crippen LogP contribution is -2.47. The van der Waals surface area contributed by atoms with Crippen LogP contribution in [0.5, 0.6) is 5.75 Å². The third-order valence-corrected chi connectivity index (χ3v) is 3.25. The molecular formula is C14H20N2O2. The Morgan fingerprint density at radius 2 is 2.33 bits per heavy atom. The summed E-state index contributed by atoms with van der Waals surface area (Å²) in [6.07, 6.45) is 3.95. The average molecular weight is 248 g/mol. The first-order chi connectivity index (χ1) is 8.75. The SMILES string of the molecule is O=C(NCCc1cccc(O)c1)C1CCCCN1. The zero-order valence-corrected chi connectivity index (χ0v) is 10.5. The smallest absolute Gasteiger partial charge is 0.237 e. The van der Waals surface area contributed by atoms with Crippen molar-refractivity contribution in [3.63, 3.8) is 0 Å². The van der Waals surface area contributed by atoms with E-state index in [1.165, 1.54) is 0 Å². The summed E-state index contributed by atoms with van der Waals surface area (Å²) >= 11 is 0. The Balaban J connectivity index is 1.73.